The number of aromatic nitrogens is 2. The molecule has 1 fully saturated rings. The van der Waals surface area contributed by atoms with E-state index in [4.69, 9.17) is 0 Å². The highest BCUT2D eigenvalue weighted by Crippen LogP contribution is 2.23. The zero-order valence-corrected chi connectivity index (χ0v) is 15.5. The van der Waals surface area contributed by atoms with E-state index in [1.807, 2.05) is 12.1 Å². The highest BCUT2D eigenvalue weighted by Gasteiger charge is 2.12. The summed E-state index contributed by atoms with van der Waals surface area (Å²) < 4.78 is 0. The normalized spacial score (nSPS) is 13.9. The lowest BCUT2D eigenvalue weighted by Crippen LogP contribution is -2.26. The topological polar surface area (TPSA) is 70.2 Å². The third kappa shape index (κ3) is 4.94. The van der Waals surface area contributed by atoms with Crippen LogP contribution in [0.4, 0.5) is 17.2 Å². The van der Waals surface area contributed by atoms with Gasteiger partial charge in [0.2, 0.25) is 0 Å². The molecule has 0 bridgehead atoms. The largest absolute Gasteiger partial charge is 0.372 e. The molecule has 6 heteroatoms. The minimum atomic E-state index is -0.181. The van der Waals surface area contributed by atoms with Gasteiger partial charge in [-0.3, -0.25) is 4.79 Å². The summed E-state index contributed by atoms with van der Waals surface area (Å²) >= 11 is 0. The molecule has 1 aromatic carbocycles. The Bertz CT molecular complexity index is 706. The maximum Gasteiger partial charge on any atom is 0.271 e. The second-order valence-electron chi connectivity index (χ2n) is 7.09. The average Bonchev–Trinajstić information content (AvgIpc) is 3.17. The summed E-state index contributed by atoms with van der Waals surface area (Å²) in [7, 11) is 0. The van der Waals surface area contributed by atoms with Gasteiger partial charge in [0.05, 0.1) is 12.4 Å². The van der Waals surface area contributed by atoms with Gasteiger partial charge < -0.3 is 15.5 Å². The van der Waals surface area contributed by atoms with Crippen molar-refractivity contribution in [1.29, 1.82) is 0 Å². The number of hydrogen-bond acceptors (Lipinski definition) is 5. The number of nitrogens with zero attached hydrogens (tertiary/aromatic N) is 3. The summed E-state index contributed by atoms with van der Waals surface area (Å²) in [5.74, 6) is 1.00. The first-order valence-electron chi connectivity index (χ1n) is 9.34. The number of amides is 1. The number of nitrogens with one attached hydrogen (secondary N) is 2. The van der Waals surface area contributed by atoms with Crippen LogP contribution in [0.3, 0.4) is 0 Å². The quantitative estimate of drug-likeness (QED) is 0.796. The van der Waals surface area contributed by atoms with E-state index in [1.165, 1.54) is 24.7 Å². The summed E-state index contributed by atoms with van der Waals surface area (Å²) in [6, 6.07) is 8.33. The number of carbonyl (C=O) groups is 1. The van der Waals surface area contributed by atoms with E-state index in [2.05, 4.69) is 51.5 Å². The predicted molar refractivity (Wildman–Crippen MR) is 105 cm³/mol. The van der Waals surface area contributed by atoms with E-state index in [0.717, 1.165) is 25.2 Å². The van der Waals surface area contributed by atoms with Crippen molar-refractivity contribution in [1.82, 2.24) is 15.3 Å². The van der Waals surface area contributed by atoms with Crippen molar-refractivity contribution in [2.75, 3.05) is 29.9 Å². The molecule has 1 saturated heterocycles. The Hall–Kier alpha value is -2.63. The molecule has 0 spiro atoms. The maximum atomic E-state index is 12.0. The molecule has 0 radical (unpaired) electrons. The van der Waals surface area contributed by atoms with Gasteiger partial charge in [-0.05, 0) is 49.4 Å². The average molecular weight is 353 g/mol. The minimum Gasteiger partial charge on any atom is -0.372 e. The van der Waals surface area contributed by atoms with Crippen LogP contribution >= 0.6 is 0 Å². The van der Waals surface area contributed by atoms with Crippen LogP contribution in [0.1, 0.15) is 43.6 Å². The van der Waals surface area contributed by atoms with Gasteiger partial charge in [-0.1, -0.05) is 13.8 Å². The summed E-state index contributed by atoms with van der Waals surface area (Å²) in [5.41, 5.74) is 2.55. The van der Waals surface area contributed by atoms with Gasteiger partial charge in [-0.25, -0.2) is 9.97 Å². The first kappa shape index (κ1) is 18.2. The van der Waals surface area contributed by atoms with Crippen LogP contribution < -0.4 is 15.5 Å². The van der Waals surface area contributed by atoms with E-state index < -0.39 is 0 Å². The molecule has 6 nitrogen and oxygen atoms in total. The van der Waals surface area contributed by atoms with Gasteiger partial charge in [-0.2, -0.15) is 0 Å². The first-order valence-corrected chi connectivity index (χ1v) is 9.34. The Labute approximate surface area is 155 Å². The smallest absolute Gasteiger partial charge is 0.271 e. The van der Waals surface area contributed by atoms with Crippen molar-refractivity contribution in [3.8, 4) is 0 Å². The van der Waals surface area contributed by atoms with Crippen molar-refractivity contribution >= 4 is 23.1 Å². The van der Waals surface area contributed by atoms with Gasteiger partial charge in [-0.15, -0.1) is 0 Å². The van der Waals surface area contributed by atoms with Crippen LogP contribution in [0, 0.1) is 5.92 Å². The molecule has 2 heterocycles. The number of anilines is 3. The van der Waals surface area contributed by atoms with Crippen LogP contribution in [-0.2, 0) is 0 Å². The van der Waals surface area contributed by atoms with Gasteiger partial charge in [0, 0.05) is 31.0 Å². The maximum absolute atomic E-state index is 12.0. The van der Waals surface area contributed by atoms with Gasteiger partial charge >= 0.3 is 0 Å². The van der Waals surface area contributed by atoms with Crippen LogP contribution in [-0.4, -0.2) is 35.5 Å². The van der Waals surface area contributed by atoms with Gasteiger partial charge in [0.1, 0.15) is 11.5 Å². The molecule has 2 N–H and O–H groups in total. The first-order chi connectivity index (χ1) is 12.6. The minimum absolute atomic E-state index is 0.181. The summed E-state index contributed by atoms with van der Waals surface area (Å²) in [4.78, 5) is 22.9. The lowest BCUT2D eigenvalue weighted by molar-refractivity contribution is 0.0946. The number of rotatable bonds is 7. The SMILES string of the molecule is CC(C)CCNC(=O)c1cnc(Nc2ccc(N3CCCC3)cc2)cn1. The molecule has 138 valence electrons. The fourth-order valence-electron chi connectivity index (χ4n) is 2.95. The Morgan fingerprint density at radius 1 is 1.12 bits per heavy atom. The van der Waals surface area contributed by atoms with Crippen LogP contribution in [0.5, 0.6) is 0 Å². The van der Waals surface area contributed by atoms with E-state index in [9.17, 15) is 4.79 Å². The summed E-state index contributed by atoms with van der Waals surface area (Å²) in [6.45, 7) is 7.19. The molecule has 26 heavy (non-hydrogen) atoms. The van der Waals surface area contributed by atoms with Crippen LogP contribution in [0.2, 0.25) is 0 Å². The number of hydrogen-bond donors (Lipinski definition) is 2. The van der Waals surface area contributed by atoms with Crippen molar-refractivity contribution < 1.29 is 4.79 Å². The Morgan fingerprint density at radius 2 is 1.85 bits per heavy atom. The molecule has 1 aromatic heterocycles. The van der Waals surface area contributed by atoms with Gasteiger partial charge in [0.15, 0.2) is 0 Å². The van der Waals surface area contributed by atoms with E-state index in [1.54, 1.807) is 6.20 Å². The standard InChI is InChI=1S/C20H27N5O/c1-15(2)9-10-21-20(26)18-13-23-19(14-22-18)24-16-5-7-17(8-6-16)25-11-3-4-12-25/h5-8,13-15H,3-4,9-12H2,1-2H3,(H,21,26)(H,23,24). The zero-order valence-electron chi connectivity index (χ0n) is 15.5. The lowest BCUT2D eigenvalue weighted by Gasteiger charge is -2.17. The van der Waals surface area contributed by atoms with Crippen LogP contribution in [0.25, 0.3) is 0 Å². The Balaban J connectivity index is 1.54. The third-order valence-corrected chi connectivity index (χ3v) is 4.50. The third-order valence-electron chi connectivity index (χ3n) is 4.50. The monoisotopic (exact) mass is 353 g/mol. The molecule has 1 amide bonds. The second-order valence-corrected chi connectivity index (χ2v) is 7.09. The molecule has 2 aromatic rings. The van der Waals surface area contributed by atoms with Crippen LogP contribution in [0.15, 0.2) is 36.7 Å². The zero-order chi connectivity index (χ0) is 18.4. The summed E-state index contributed by atoms with van der Waals surface area (Å²) in [6.07, 6.45) is 6.59. The highest BCUT2D eigenvalue weighted by molar-refractivity contribution is 5.92. The molecule has 0 aliphatic carbocycles. The van der Waals surface area contributed by atoms with E-state index >= 15 is 0 Å². The van der Waals surface area contributed by atoms with Crippen molar-refractivity contribution in [3.63, 3.8) is 0 Å². The predicted octanol–water partition coefficient (Wildman–Crippen LogP) is 3.60. The van der Waals surface area contributed by atoms with E-state index in [0.29, 0.717) is 24.0 Å². The Morgan fingerprint density at radius 3 is 2.46 bits per heavy atom. The molecule has 3 rings (SSSR count). The molecule has 1 aliphatic rings. The van der Waals surface area contributed by atoms with E-state index in [-0.39, 0.29) is 5.91 Å². The lowest BCUT2D eigenvalue weighted by atomic mass is 10.1. The van der Waals surface area contributed by atoms with Crippen molar-refractivity contribution in [2.24, 2.45) is 5.92 Å². The molecular formula is C20H27N5O. The fraction of sp³-hybridized carbons (Fsp3) is 0.450. The van der Waals surface area contributed by atoms with Crippen molar-refractivity contribution in [2.45, 2.75) is 33.1 Å². The molecule has 0 unspecified atom stereocenters. The van der Waals surface area contributed by atoms with Crippen molar-refractivity contribution in [3.05, 3.63) is 42.4 Å². The number of benzene rings is 1. The second kappa shape index (κ2) is 8.65. The molecule has 0 atom stereocenters. The van der Waals surface area contributed by atoms with Gasteiger partial charge in [0.25, 0.3) is 5.91 Å². The highest BCUT2D eigenvalue weighted by atomic mass is 16.1. The Kier molecular flexibility index (Phi) is 6.04. The molecule has 1 aliphatic heterocycles. The molecule has 0 saturated carbocycles. The summed E-state index contributed by atoms with van der Waals surface area (Å²) in [5, 5.41) is 6.09. The molecular weight excluding hydrogens is 326 g/mol. The number of carbonyl (C=O) groups excluding carboxylic acids is 1. The fourth-order valence-corrected chi connectivity index (χ4v) is 2.95.